The van der Waals surface area contributed by atoms with Crippen LogP contribution >= 0.6 is 0 Å². The molecule has 7 nitrogen and oxygen atoms in total. The summed E-state index contributed by atoms with van der Waals surface area (Å²) in [5, 5.41) is 30.3. The maximum absolute atomic E-state index is 9.31. The van der Waals surface area contributed by atoms with Crippen molar-refractivity contribution in [1.82, 2.24) is 0 Å². The Kier molecular flexibility index (Phi) is 3.47. The Morgan fingerprint density at radius 2 is 2.31 bits per heavy atom. The number of hydrogen-bond donors (Lipinski definition) is 3. The van der Waals surface area contributed by atoms with Crippen molar-refractivity contribution in [1.29, 1.82) is 0 Å². The molecular formula is C6H11N3O4. The number of azide groups is 1. The van der Waals surface area contributed by atoms with Crippen molar-refractivity contribution >= 4 is 0 Å². The van der Waals surface area contributed by atoms with Crippen LogP contribution in [0.5, 0.6) is 0 Å². The molecule has 0 saturated carbocycles. The van der Waals surface area contributed by atoms with Gasteiger partial charge in [-0.05, 0) is 5.53 Å². The standard InChI is InChI=1S/C6H11N3O4/c7-9-8-3(2-10)6-4(11)1-5(12)13-6/h3-6,10-12H,1-2H2. The van der Waals surface area contributed by atoms with Crippen LogP contribution in [0.15, 0.2) is 5.11 Å². The van der Waals surface area contributed by atoms with Gasteiger partial charge in [-0.1, -0.05) is 5.11 Å². The van der Waals surface area contributed by atoms with Crippen LogP contribution in [0, 0.1) is 0 Å². The highest BCUT2D eigenvalue weighted by Crippen LogP contribution is 2.22. The first-order valence-electron chi connectivity index (χ1n) is 3.85. The van der Waals surface area contributed by atoms with E-state index < -0.39 is 31.1 Å². The fraction of sp³-hybridized carbons (Fsp3) is 1.00. The molecule has 4 unspecified atom stereocenters. The quantitative estimate of drug-likeness (QED) is 0.303. The number of hydrogen-bond acceptors (Lipinski definition) is 5. The Balaban J connectivity index is 2.63. The summed E-state index contributed by atoms with van der Waals surface area (Å²) in [5.74, 6) is 0. The number of rotatable bonds is 3. The summed E-state index contributed by atoms with van der Waals surface area (Å²) in [5.41, 5.74) is 8.13. The molecule has 1 heterocycles. The third-order valence-corrected chi connectivity index (χ3v) is 1.90. The second kappa shape index (κ2) is 4.40. The van der Waals surface area contributed by atoms with Gasteiger partial charge in [-0.2, -0.15) is 0 Å². The van der Waals surface area contributed by atoms with Gasteiger partial charge in [0.15, 0.2) is 6.29 Å². The lowest BCUT2D eigenvalue weighted by Gasteiger charge is -2.18. The molecule has 0 bridgehead atoms. The molecule has 1 fully saturated rings. The monoisotopic (exact) mass is 189 g/mol. The maximum atomic E-state index is 9.31. The molecule has 1 rings (SSSR count). The maximum Gasteiger partial charge on any atom is 0.157 e. The van der Waals surface area contributed by atoms with Crippen molar-refractivity contribution in [2.75, 3.05) is 6.61 Å². The zero-order chi connectivity index (χ0) is 9.84. The minimum atomic E-state index is -1.05. The van der Waals surface area contributed by atoms with Crippen LogP contribution in [0.1, 0.15) is 6.42 Å². The van der Waals surface area contributed by atoms with Crippen LogP contribution in [0.4, 0.5) is 0 Å². The molecule has 0 radical (unpaired) electrons. The topological polar surface area (TPSA) is 119 Å². The lowest BCUT2D eigenvalue weighted by atomic mass is 10.1. The number of nitrogens with zero attached hydrogens (tertiary/aromatic N) is 3. The number of ether oxygens (including phenoxy) is 1. The summed E-state index contributed by atoms with van der Waals surface area (Å²) < 4.78 is 4.86. The van der Waals surface area contributed by atoms with E-state index in [-0.39, 0.29) is 6.42 Å². The summed E-state index contributed by atoms with van der Waals surface area (Å²) >= 11 is 0. The largest absolute Gasteiger partial charge is 0.396 e. The average Bonchev–Trinajstić information content (AvgIpc) is 2.41. The fourth-order valence-corrected chi connectivity index (χ4v) is 1.29. The fourth-order valence-electron chi connectivity index (χ4n) is 1.29. The van der Waals surface area contributed by atoms with Gasteiger partial charge in [0.2, 0.25) is 0 Å². The van der Waals surface area contributed by atoms with Crippen molar-refractivity contribution in [2.45, 2.75) is 31.0 Å². The molecule has 3 N–H and O–H groups in total. The molecule has 0 aromatic heterocycles. The SMILES string of the molecule is [N-]=[N+]=NC(CO)C1OC(O)CC1O. The van der Waals surface area contributed by atoms with Crippen LogP contribution in [-0.2, 0) is 4.74 Å². The Hall–Kier alpha value is -0.850. The Labute approximate surface area is 74.2 Å². The van der Waals surface area contributed by atoms with Gasteiger partial charge in [-0.3, -0.25) is 0 Å². The van der Waals surface area contributed by atoms with Crippen molar-refractivity contribution < 1.29 is 20.1 Å². The molecule has 7 heteroatoms. The average molecular weight is 189 g/mol. The second-order valence-electron chi connectivity index (χ2n) is 2.81. The lowest BCUT2D eigenvalue weighted by Crippen LogP contribution is -2.35. The third-order valence-electron chi connectivity index (χ3n) is 1.90. The van der Waals surface area contributed by atoms with Crippen molar-refractivity contribution in [3.8, 4) is 0 Å². The van der Waals surface area contributed by atoms with Crippen molar-refractivity contribution in [3.63, 3.8) is 0 Å². The minimum Gasteiger partial charge on any atom is -0.396 e. The van der Waals surface area contributed by atoms with E-state index >= 15 is 0 Å². The van der Waals surface area contributed by atoms with Crippen molar-refractivity contribution in [2.24, 2.45) is 5.11 Å². The van der Waals surface area contributed by atoms with Gasteiger partial charge in [-0.25, -0.2) is 0 Å². The van der Waals surface area contributed by atoms with Gasteiger partial charge in [-0.15, -0.1) is 0 Å². The molecule has 4 atom stereocenters. The highest BCUT2D eigenvalue weighted by molar-refractivity contribution is 4.87. The zero-order valence-electron chi connectivity index (χ0n) is 6.82. The van der Waals surface area contributed by atoms with Gasteiger partial charge < -0.3 is 20.1 Å². The van der Waals surface area contributed by atoms with Crippen LogP contribution in [0.2, 0.25) is 0 Å². The first-order valence-corrected chi connectivity index (χ1v) is 3.85. The van der Waals surface area contributed by atoms with Gasteiger partial charge in [0.05, 0.1) is 24.9 Å². The molecule has 0 aromatic carbocycles. The molecule has 1 saturated heterocycles. The molecule has 74 valence electrons. The van der Waals surface area contributed by atoms with E-state index in [1.165, 1.54) is 0 Å². The predicted octanol–water partition coefficient (Wildman–Crippen LogP) is -0.874. The van der Waals surface area contributed by atoms with E-state index in [1.807, 2.05) is 0 Å². The van der Waals surface area contributed by atoms with Gasteiger partial charge in [0, 0.05) is 11.3 Å². The summed E-state index contributed by atoms with van der Waals surface area (Å²) in [6.45, 7) is -0.418. The Bertz CT molecular complexity index is 218. The van der Waals surface area contributed by atoms with Gasteiger partial charge in [0.25, 0.3) is 0 Å². The van der Waals surface area contributed by atoms with E-state index in [4.69, 9.17) is 20.5 Å². The Morgan fingerprint density at radius 1 is 1.62 bits per heavy atom. The molecule has 0 amide bonds. The summed E-state index contributed by atoms with van der Waals surface area (Å²) in [6.07, 6.45) is -2.71. The van der Waals surface area contributed by atoms with Gasteiger partial charge >= 0.3 is 0 Å². The number of aliphatic hydroxyl groups excluding tert-OH is 3. The van der Waals surface area contributed by atoms with Crippen LogP contribution in [0.3, 0.4) is 0 Å². The molecule has 0 spiro atoms. The third kappa shape index (κ3) is 2.30. The second-order valence-corrected chi connectivity index (χ2v) is 2.81. The van der Waals surface area contributed by atoms with Crippen LogP contribution < -0.4 is 0 Å². The highest BCUT2D eigenvalue weighted by atomic mass is 16.6. The summed E-state index contributed by atoms with van der Waals surface area (Å²) in [6, 6.07) is -0.850. The summed E-state index contributed by atoms with van der Waals surface area (Å²) in [4.78, 5) is 2.50. The molecule has 0 aliphatic carbocycles. The van der Waals surface area contributed by atoms with E-state index in [9.17, 15) is 5.11 Å². The molecule has 0 aromatic rings. The first kappa shape index (κ1) is 10.2. The Morgan fingerprint density at radius 3 is 2.69 bits per heavy atom. The number of aliphatic hydroxyl groups is 3. The zero-order valence-corrected chi connectivity index (χ0v) is 6.82. The van der Waals surface area contributed by atoms with E-state index in [2.05, 4.69) is 10.0 Å². The summed E-state index contributed by atoms with van der Waals surface area (Å²) in [7, 11) is 0. The molecule has 1 aliphatic rings. The lowest BCUT2D eigenvalue weighted by molar-refractivity contribution is -0.105. The minimum absolute atomic E-state index is 0.0715. The predicted molar refractivity (Wildman–Crippen MR) is 41.5 cm³/mol. The normalized spacial score (nSPS) is 35.5. The van der Waals surface area contributed by atoms with Gasteiger partial charge in [0.1, 0.15) is 0 Å². The van der Waals surface area contributed by atoms with Crippen LogP contribution in [-0.4, -0.2) is 46.5 Å². The van der Waals surface area contributed by atoms with Crippen molar-refractivity contribution in [3.05, 3.63) is 10.4 Å². The van der Waals surface area contributed by atoms with E-state index in [0.29, 0.717) is 0 Å². The van der Waals surface area contributed by atoms with E-state index in [0.717, 1.165) is 0 Å². The smallest absolute Gasteiger partial charge is 0.157 e. The molecule has 1 aliphatic heterocycles. The molecule has 13 heavy (non-hydrogen) atoms. The molecular weight excluding hydrogens is 178 g/mol. The first-order chi connectivity index (χ1) is 6.19. The highest BCUT2D eigenvalue weighted by Gasteiger charge is 2.37. The van der Waals surface area contributed by atoms with E-state index in [1.54, 1.807) is 0 Å². The van der Waals surface area contributed by atoms with Crippen LogP contribution in [0.25, 0.3) is 10.4 Å².